The van der Waals surface area contributed by atoms with Crippen molar-refractivity contribution < 1.29 is 19.1 Å². The Morgan fingerprint density at radius 3 is 2.38 bits per heavy atom. The fraction of sp³-hybridized carbons (Fsp3) is 0.0588. The van der Waals surface area contributed by atoms with Crippen molar-refractivity contribution >= 4 is 17.5 Å². The third-order valence-corrected chi connectivity index (χ3v) is 3.00. The lowest BCUT2D eigenvalue weighted by Crippen LogP contribution is -2.37. The molecule has 6 nitrogen and oxygen atoms in total. The van der Waals surface area contributed by atoms with Crippen LogP contribution in [0.4, 0.5) is 10.1 Å². The summed E-state index contributed by atoms with van der Waals surface area (Å²) in [6.07, 6.45) is -0.0988. The molecule has 2 rings (SSSR count). The molecule has 0 aliphatic rings. The molecule has 2 aromatic rings. The number of hydrazine groups is 1. The molecule has 0 spiro atoms. The van der Waals surface area contributed by atoms with Crippen LogP contribution in [0.5, 0.6) is 5.75 Å². The molecular weight excluding hydrogens is 313 g/mol. The van der Waals surface area contributed by atoms with Crippen LogP contribution in [0.3, 0.4) is 0 Å². The molecule has 124 valence electrons. The Morgan fingerprint density at radius 1 is 1.04 bits per heavy atom. The van der Waals surface area contributed by atoms with Crippen LogP contribution in [-0.4, -0.2) is 16.9 Å². The van der Waals surface area contributed by atoms with E-state index in [2.05, 4.69) is 22.7 Å². The van der Waals surface area contributed by atoms with Gasteiger partial charge in [-0.05, 0) is 36.4 Å². The Kier molecular flexibility index (Phi) is 5.51. The number of hydrogen-bond acceptors (Lipinski definition) is 4. The molecule has 0 bridgehead atoms. The monoisotopic (exact) mass is 329 g/mol. The van der Waals surface area contributed by atoms with E-state index >= 15 is 0 Å². The first-order valence-corrected chi connectivity index (χ1v) is 7.03. The normalized spacial score (nSPS) is 9.88. The number of halogens is 1. The van der Waals surface area contributed by atoms with Crippen LogP contribution >= 0.6 is 0 Å². The highest BCUT2D eigenvalue weighted by Gasteiger charge is 2.11. The molecule has 0 aliphatic carbocycles. The summed E-state index contributed by atoms with van der Waals surface area (Å²) in [4.78, 5) is 23.7. The first-order chi connectivity index (χ1) is 11.5. The quantitative estimate of drug-likeness (QED) is 0.612. The average molecular weight is 329 g/mol. The fourth-order valence-electron chi connectivity index (χ4n) is 1.85. The Morgan fingerprint density at radius 2 is 1.71 bits per heavy atom. The summed E-state index contributed by atoms with van der Waals surface area (Å²) in [7, 11) is 0. The zero-order valence-corrected chi connectivity index (χ0v) is 12.7. The zero-order valence-electron chi connectivity index (χ0n) is 12.7. The minimum atomic E-state index is -0.562. The third-order valence-electron chi connectivity index (χ3n) is 3.00. The van der Waals surface area contributed by atoms with Gasteiger partial charge in [0.2, 0.25) is 5.91 Å². The number of amides is 2. The number of anilines is 1. The standard InChI is InChI=1S/C17H16FN3O3/c1-11(10-16(23)19-13-8-6-12(18)7-9-13)20-21-17(24)14-4-2-3-5-15(14)22/h2-9,20,22H,1,10H2,(H,19,23)(H,21,24). The van der Waals surface area contributed by atoms with Crippen molar-refractivity contribution in [1.29, 1.82) is 0 Å². The highest BCUT2D eigenvalue weighted by Crippen LogP contribution is 2.14. The topological polar surface area (TPSA) is 90.5 Å². The second-order valence-electron chi connectivity index (χ2n) is 4.93. The van der Waals surface area contributed by atoms with E-state index in [0.29, 0.717) is 5.69 Å². The molecule has 0 aliphatic heterocycles. The highest BCUT2D eigenvalue weighted by molar-refractivity contribution is 5.96. The van der Waals surface area contributed by atoms with E-state index in [1.807, 2.05) is 0 Å². The number of carbonyl (C=O) groups excluding carboxylic acids is 2. The predicted octanol–water partition coefficient (Wildman–Crippen LogP) is 2.31. The number of phenolic OH excluding ortho intramolecular Hbond substituents is 1. The summed E-state index contributed by atoms with van der Waals surface area (Å²) >= 11 is 0. The van der Waals surface area contributed by atoms with E-state index in [-0.39, 0.29) is 29.3 Å². The van der Waals surface area contributed by atoms with E-state index in [1.165, 1.54) is 36.4 Å². The second kappa shape index (κ2) is 7.77. The van der Waals surface area contributed by atoms with Crippen molar-refractivity contribution in [3.8, 4) is 5.75 Å². The molecule has 24 heavy (non-hydrogen) atoms. The third kappa shape index (κ3) is 4.84. The maximum absolute atomic E-state index is 12.8. The highest BCUT2D eigenvalue weighted by atomic mass is 19.1. The molecule has 0 heterocycles. The van der Waals surface area contributed by atoms with Crippen LogP contribution < -0.4 is 16.2 Å². The Hall–Kier alpha value is -3.35. The summed E-state index contributed by atoms with van der Waals surface area (Å²) in [5.41, 5.74) is 5.64. The van der Waals surface area contributed by atoms with Gasteiger partial charge < -0.3 is 15.8 Å². The summed E-state index contributed by atoms with van der Waals surface area (Å²) in [5.74, 6) is -1.49. The summed E-state index contributed by atoms with van der Waals surface area (Å²) < 4.78 is 12.8. The fourth-order valence-corrected chi connectivity index (χ4v) is 1.85. The number of phenols is 1. The Labute approximate surface area is 138 Å². The molecule has 0 fully saturated rings. The lowest BCUT2D eigenvalue weighted by Gasteiger charge is -2.12. The van der Waals surface area contributed by atoms with Gasteiger partial charge in [-0.3, -0.25) is 15.0 Å². The van der Waals surface area contributed by atoms with Crippen LogP contribution in [0.1, 0.15) is 16.8 Å². The minimum absolute atomic E-state index is 0.0913. The maximum atomic E-state index is 12.8. The Bertz CT molecular complexity index is 760. The maximum Gasteiger partial charge on any atom is 0.273 e. The van der Waals surface area contributed by atoms with E-state index in [0.717, 1.165) is 0 Å². The number of nitrogens with one attached hydrogen (secondary N) is 3. The van der Waals surface area contributed by atoms with Gasteiger partial charge in [-0.1, -0.05) is 18.7 Å². The SMILES string of the molecule is C=C(CC(=O)Nc1ccc(F)cc1)NNC(=O)c1ccccc1O. The van der Waals surface area contributed by atoms with Gasteiger partial charge >= 0.3 is 0 Å². The predicted molar refractivity (Wildman–Crippen MR) is 87.5 cm³/mol. The van der Waals surface area contributed by atoms with Crippen LogP contribution in [0.15, 0.2) is 60.8 Å². The lowest BCUT2D eigenvalue weighted by atomic mass is 10.2. The van der Waals surface area contributed by atoms with Gasteiger partial charge in [0.05, 0.1) is 12.0 Å². The summed E-state index contributed by atoms with van der Waals surface area (Å²) in [5, 5.41) is 12.1. The van der Waals surface area contributed by atoms with E-state index in [9.17, 15) is 19.1 Å². The number of para-hydroxylation sites is 1. The molecule has 0 atom stereocenters. The van der Waals surface area contributed by atoms with Crippen LogP contribution in [0.2, 0.25) is 0 Å². The van der Waals surface area contributed by atoms with Crippen molar-refractivity contribution in [2.75, 3.05) is 5.32 Å². The van der Waals surface area contributed by atoms with Crippen molar-refractivity contribution in [2.24, 2.45) is 0 Å². The number of rotatable bonds is 6. The smallest absolute Gasteiger partial charge is 0.273 e. The molecule has 0 aromatic heterocycles. The van der Waals surface area contributed by atoms with Crippen molar-refractivity contribution in [1.82, 2.24) is 10.9 Å². The van der Waals surface area contributed by atoms with Gasteiger partial charge in [-0.2, -0.15) is 0 Å². The van der Waals surface area contributed by atoms with Gasteiger partial charge in [0.15, 0.2) is 0 Å². The first kappa shape index (κ1) is 17.0. The molecule has 0 saturated carbocycles. The number of aromatic hydroxyl groups is 1. The Balaban J connectivity index is 1.80. The lowest BCUT2D eigenvalue weighted by molar-refractivity contribution is -0.115. The second-order valence-corrected chi connectivity index (χ2v) is 4.93. The van der Waals surface area contributed by atoms with Gasteiger partial charge in [-0.25, -0.2) is 4.39 Å². The van der Waals surface area contributed by atoms with Gasteiger partial charge in [0.25, 0.3) is 5.91 Å². The largest absolute Gasteiger partial charge is 0.507 e. The number of carbonyl (C=O) groups is 2. The van der Waals surface area contributed by atoms with Crippen molar-refractivity contribution in [3.05, 3.63) is 72.2 Å². The molecular formula is C17H16FN3O3. The van der Waals surface area contributed by atoms with Gasteiger partial charge in [-0.15, -0.1) is 0 Å². The number of benzene rings is 2. The minimum Gasteiger partial charge on any atom is -0.507 e. The van der Waals surface area contributed by atoms with Crippen LogP contribution in [0.25, 0.3) is 0 Å². The van der Waals surface area contributed by atoms with Crippen LogP contribution in [0, 0.1) is 5.82 Å². The molecule has 2 amide bonds. The summed E-state index contributed by atoms with van der Waals surface area (Å²) in [6, 6.07) is 11.4. The molecule has 7 heteroatoms. The molecule has 0 unspecified atom stereocenters. The summed E-state index contributed by atoms with van der Waals surface area (Å²) in [6.45, 7) is 3.63. The van der Waals surface area contributed by atoms with Crippen LogP contribution in [-0.2, 0) is 4.79 Å². The molecule has 0 radical (unpaired) electrons. The molecule has 2 aromatic carbocycles. The molecule has 4 N–H and O–H groups in total. The number of hydrogen-bond donors (Lipinski definition) is 4. The first-order valence-electron chi connectivity index (χ1n) is 7.03. The van der Waals surface area contributed by atoms with E-state index in [1.54, 1.807) is 12.1 Å². The van der Waals surface area contributed by atoms with Crippen molar-refractivity contribution in [2.45, 2.75) is 6.42 Å². The van der Waals surface area contributed by atoms with Gasteiger partial charge in [0.1, 0.15) is 11.6 Å². The molecule has 0 saturated heterocycles. The average Bonchev–Trinajstić information content (AvgIpc) is 2.55. The van der Waals surface area contributed by atoms with E-state index < -0.39 is 11.7 Å². The zero-order chi connectivity index (χ0) is 17.5. The van der Waals surface area contributed by atoms with E-state index in [4.69, 9.17) is 0 Å². The van der Waals surface area contributed by atoms with Crippen molar-refractivity contribution in [3.63, 3.8) is 0 Å². The van der Waals surface area contributed by atoms with Gasteiger partial charge in [0, 0.05) is 11.4 Å².